The van der Waals surface area contributed by atoms with Crippen LogP contribution in [-0.4, -0.2) is 17.5 Å². The van der Waals surface area contributed by atoms with Gasteiger partial charge in [0.05, 0.1) is 5.54 Å². The van der Waals surface area contributed by atoms with E-state index in [-0.39, 0.29) is 23.7 Å². The van der Waals surface area contributed by atoms with Crippen molar-refractivity contribution in [1.29, 1.82) is 0 Å². The molecule has 2 unspecified atom stereocenters. The first kappa shape index (κ1) is 12.6. The molecule has 0 bridgehead atoms. The van der Waals surface area contributed by atoms with E-state index in [1.165, 1.54) is 6.07 Å². The van der Waals surface area contributed by atoms with Gasteiger partial charge in [-0.05, 0) is 37.0 Å². The molecule has 2 saturated carbocycles. The summed E-state index contributed by atoms with van der Waals surface area (Å²) < 4.78 is 13.1. The first-order valence-corrected chi connectivity index (χ1v) is 6.94. The van der Waals surface area contributed by atoms with Gasteiger partial charge >= 0.3 is 0 Å². The summed E-state index contributed by atoms with van der Waals surface area (Å²) in [5.41, 5.74) is 6.40. The minimum absolute atomic E-state index is 0.0334. The lowest BCUT2D eigenvalue weighted by Crippen LogP contribution is -2.52. The summed E-state index contributed by atoms with van der Waals surface area (Å²) in [4.78, 5) is 12.2. The number of nitrogens with one attached hydrogen (secondary N) is 1. The minimum Gasteiger partial charge on any atom is -0.351 e. The smallest absolute Gasteiger partial charge is 0.240 e. The van der Waals surface area contributed by atoms with Crippen molar-refractivity contribution in [2.75, 3.05) is 0 Å². The number of amides is 1. The fraction of sp³-hybridized carbons (Fsp3) is 0.533. The van der Waals surface area contributed by atoms with Gasteiger partial charge < -0.3 is 11.1 Å². The second-order valence-electron chi connectivity index (χ2n) is 5.84. The molecule has 3 rings (SSSR count). The van der Waals surface area contributed by atoms with Crippen LogP contribution in [0.2, 0.25) is 0 Å². The first-order chi connectivity index (χ1) is 9.08. The Kier molecular flexibility index (Phi) is 3.05. The summed E-state index contributed by atoms with van der Waals surface area (Å²) in [5.74, 6) is -0.0147. The van der Waals surface area contributed by atoms with Crippen LogP contribution >= 0.6 is 0 Å². The van der Waals surface area contributed by atoms with Crippen molar-refractivity contribution in [2.45, 2.75) is 49.6 Å². The number of hydrogen-bond acceptors (Lipinski definition) is 2. The van der Waals surface area contributed by atoms with Crippen LogP contribution in [-0.2, 0) is 4.79 Å². The van der Waals surface area contributed by atoms with Crippen LogP contribution in [0.5, 0.6) is 0 Å². The highest BCUT2D eigenvalue weighted by Crippen LogP contribution is 2.41. The molecule has 2 atom stereocenters. The maximum atomic E-state index is 13.1. The van der Waals surface area contributed by atoms with Crippen LogP contribution in [0, 0.1) is 5.82 Å². The summed E-state index contributed by atoms with van der Waals surface area (Å²) >= 11 is 0. The van der Waals surface area contributed by atoms with E-state index in [0.29, 0.717) is 0 Å². The molecule has 3 N–H and O–H groups in total. The summed E-state index contributed by atoms with van der Waals surface area (Å²) in [6.07, 6.45) is 4.49. The van der Waals surface area contributed by atoms with Gasteiger partial charge in [0.15, 0.2) is 0 Å². The molecule has 0 aliphatic heterocycles. The predicted molar refractivity (Wildman–Crippen MR) is 71.1 cm³/mol. The lowest BCUT2D eigenvalue weighted by molar-refractivity contribution is -0.126. The third-order valence-electron chi connectivity index (χ3n) is 4.33. The van der Waals surface area contributed by atoms with E-state index in [1.807, 2.05) is 6.07 Å². The molecule has 3 nitrogen and oxygen atoms in total. The molecule has 2 fully saturated rings. The van der Waals surface area contributed by atoms with Gasteiger partial charge in [-0.2, -0.15) is 0 Å². The average molecular weight is 262 g/mol. The second-order valence-corrected chi connectivity index (χ2v) is 5.84. The molecule has 1 aromatic rings. The van der Waals surface area contributed by atoms with Crippen LogP contribution in [0.3, 0.4) is 0 Å². The molecule has 0 aromatic heterocycles. The number of carbonyl (C=O) groups is 1. The van der Waals surface area contributed by atoms with Crippen LogP contribution in [0.1, 0.15) is 43.6 Å². The van der Waals surface area contributed by atoms with E-state index in [0.717, 1.165) is 37.7 Å². The summed E-state index contributed by atoms with van der Waals surface area (Å²) in [6.45, 7) is 0. The van der Waals surface area contributed by atoms with Crippen LogP contribution in [0.15, 0.2) is 24.3 Å². The number of rotatable bonds is 3. The molecule has 1 amide bonds. The molecule has 19 heavy (non-hydrogen) atoms. The van der Waals surface area contributed by atoms with Crippen molar-refractivity contribution >= 4 is 5.91 Å². The standard InChI is InChI=1S/C15H19FN2O/c16-11-5-3-4-10(8-11)12-9-13(12)18-14(19)15(17)6-1-2-7-15/h3-5,8,12-13H,1-2,6-7,9,17H2,(H,18,19). The van der Waals surface area contributed by atoms with Gasteiger partial charge in [0.1, 0.15) is 5.82 Å². The quantitative estimate of drug-likeness (QED) is 0.876. The van der Waals surface area contributed by atoms with Crippen molar-refractivity contribution in [1.82, 2.24) is 5.32 Å². The molecule has 2 aliphatic carbocycles. The zero-order chi connectivity index (χ0) is 13.5. The molecule has 1 aromatic carbocycles. The van der Waals surface area contributed by atoms with Crippen molar-refractivity contribution in [3.05, 3.63) is 35.6 Å². The normalized spacial score (nSPS) is 28.1. The molecule has 0 heterocycles. The number of benzene rings is 1. The SMILES string of the molecule is NC1(C(=O)NC2CC2c2cccc(F)c2)CCCC1. The fourth-order valence-corrected chi connectivity index (χ4v) is 3.01. The highest BCUT2D eigenvalue weighted by Gasteiger charge is 2.44. The largest absolute Gasteiger partial charge is 0.351 e. The van der Waals surface area contributed by atoms with E-state index >= 15 is 0 Å². The molecule has 102 valence electrons. The maximum absolute atomic E-state index is 13.1. The van der Waals surface area contributed by atoms with Crippen LogP contribution in [0.25, 0.3) is 0 Å². The van der Waals surface area contributed by atoms with E-state index in [9.17, 15) is 9.18 Å². The third-order valence-corrected chi connectivity index (χ3v) is 4.33. The molecule has 2 aliphatic rings. The number of carbonyl (C=O) groups excluding carboxylic acids is 1. The topological polar surface area (TPSA) is 55.1 Å². The highest BCUT2D eigenvalue weighted by atomic mass is 19.1. The molecular weight excluding hydrogens is 243 g/mol. The van der Waals surface area contributed by atoms with Crippen molar-refractivity contribution in [3.8, 4) is 0 Å². The first-order valence-electron chi connectivity index (χ1n) is 6.94. The van der Waals surface area contributed by atoms with E-state index in [2.05, 4.69) is 5.32 Å². The third kappa shape index (κ3) is 2.50. The Morgan fingerprint density at radius 2 is 2.11 bits per heavy atom. The van der Waals surface area contributed by atoms with Crippen molar-refractivity contribution in [2.24, 2.45) is 5.73 Å². The molecule has 0 radical (unpaired) electrons. The zero-order valence-electron chi connectivity index (χ0n) is 10.9. The van der Waals surface area contributed by atoms with E-state index in [4.69, 9.17) is 5.73 Å². The van der Waals surface area contributed by atoms with Gasteiger partial charge in [-0.3, -0.25) is 4.79 Å². The average Bonchev–Trinajstić information content (AvgIpc) is 3.00. The monoisotopic (exact) mass is 262 g/mol. The van der Waals surface area contributed by atoms with Gasteiger partial charge in [-0.15, -0.1) is 0 Å². The zero-order valence-corrected chi connectivity index (χ0v) is 10.9. The highest BCUT2D eigenvalue weighted by molar-refractivity contribution is 5.87. The molecule has 0 saturated heterocycles. The Morgan fingerprint density at radius 1 is 1.37 bits per heavy atom. The molecule has 0 spiro atoms. The number of hydrogen-bond donors (Lipinski definition) is 2. The Labute approximate surface area is 112 Å². The second kappa shape index (κ2) is 4.60. The molecular formula is C15H19FN2O. The Bertz CT molecular complexity index is 497. The van der Waals surface area contributed by atoms with E-state index in [1.54, 1.807) is 12.1 Å². The van der Waals surface area contributed by atoms with Crippen LogP contribution in [0.4, 0.5) is 4.39 Å². The Morgan fingerprint density at radius 3 is 2.79 bits per heavy atom. The Balaban J connectivity index is 1.60. The lowest BCUT2D eigenvalue weighted by Gasteiger charge is -2.22. The van der Waals surface area contributed by atoms with Crippen molar-refractivity contribution in [3.63, 3.8) is 0 Å². The van der Waals surface area contributed by atoms with E-state index < -0.39 is 5.54 Å². The van der Waals surface area contributed by atoms with Gasteiger partial charge in [-0.25, -0.2) is 4.39 Å². The summed E-state index contributed by atoms with van der Waals surface area (Å²) in [7, 11) is 0. The fourth-order valence-electron chi connectivity index (χ4n) is 3.01. The van der Waals surface area contributed by atoms with Gasteiger partial charge in [-0.1, -0.05) is 25.0 Å². The minimum atomic E-state index is -0.672. The van der Waals surface area contributed by atoms with Gasteiger partial charge in [0.2, 0.25) is 5.91 Å². The van der Waals surface area contributed by atoms with Crippen LogP contribution < -0.4 is 11.1 Å². The van der Waals surface area contributed by atoms with Gasteiger partial charge in [0.25, 0.3) is 0 Å². The van der Waals surface area contributed by atoms with Crippen molar-refractivity contribution < 1.29 is 9.18 Å². The summed E-state index contributed by atoms with van der Waals surface area (Å²) in [5, 5.41) is 3.02. The Hall–Kier alpha value is -1.42. The maximum Gasteiger partial charge on any atom is 0.240 e. The predicted octanol–water partition coefficient (Wildman–Crippen LogP) is 2.07. The summed E-state index contributed by atoms with van der Waals surface area (Å²) in [6, 6.07) is 6.73. The molecule has 4 heteroatoms. The number of nitrogens with two attached hydrogens (primary N) is 1. The lowest BCUT2D eigenvalue weighted by atomic mass is 9.98. The van der Waals surface area contributed by atoms with Gasteiger partial charge in [0, 0.05) is 12.0 Å². The number of halogens is 1.